The minimum Gasteiger partial charge on any atom is -0.481 e. The third-order valence-corrected chi connectivity index (χ3v) is 5.96. The molecule has 1 heterocycles. The van der Waals surface area contributed by atoms with Crippen molar-refractivity contribution in [3.63, 3.8) is 0 Å². The van der Waals surface area contributed by atoms with E-state index in [1.165, 1.54) is 23.3 Å². The van der Waals surface area contributed by atoms with Crippen LogP contribution in [0.3, 0.4) is 0 Å². The van der Waals surface area contributed by atoms with Gasteiger partial charge in [0.2, 0.25) is 0 Å². The number of ether oxygens (including phenoxy) is 1. The van der Waals surface area contributed by atoms with Gasteiger partial charge in [0.1, 0.15) is 11.6 Å². The molecular weight excluding hydrogens is 403 g/mol. The van der Waals surface area contributed by atoms with E-state index in [9.17, 15) is 9.18 Å². The summed E-state index contributed by atoms with van der Waals surface area (Å²) in [4.78, 5) is 17.5. The first kappa shape index (κ1) is 22.0. The van der Waals surface area contributed by atoms with Crippen molar-refractivity contribution in [2.45, 2.75) is 25.5 Å². The first-order chi connectivity index (χ1) is 15.7. The van der Waals surface area contributed by atoms with E-state index < -0.39 is 6.10 Å². The molecule has 0 spiro atoms. The molecule has 4 nitrogen and oxygen atoms in total. The Morgan fingerprint density at radius 2 is 1.38 bits per heavy atom. The van der Waals surface area contributed by atoms with Gasteiger partial charge in [0.05, 0.1) is 6.04 Å². The van der Waals surface area contributed by atoms with Gasteiger partial charge in [0.25, 0.3) is 5.91 Å². The molecule has 3 aromatic rings. The second kappa shape index (κ2) is 10.4. The van der Waals surface area contributed by atoms with Crippen molar-refractivity contribution in [1.82, 2.24) is 9.80 Å². The second-order valence-electron chi connectivity index (χ2n) is 8.05. The smallest absolute Gasteiger partial charge is 0.263 e. The maximum atomic E-state index is 13.2. The van der Waals surface area contributed by atoms with Crippen molar-refractivity contribution in [1.29, 1.82) is 0 Å². The van der Waals surface area contributed by atoms with Gasteiger partial charge < -0.3 is 9.64 Å². The van der Waals surface area contributed by atoms with Crippen molar-refractivity contribution in [3.8, 4) is 5.75 Å². The Morgan fingerprint density at radius 3 is 1.88 bits per heavy atom. The van der Waals surface area contributed by atoms with Crippen LogP contribution in [0.2, 0.25) is 0 Å². The van der Waals surface area contributed by atoms with Crippen LogP contribution >= 0.6 is 0 Å². The molecule has 0 unspecified atom stereocenters. The number of carbonyl (C=O) groups is 1. The van der Waals surface area contributed by atoms with Crippen molar-refractivity contribution in [2.24, 2.45) is 0 Å². The fraction of sp³-hybridized carbons (Fsp3) is 0.296. The molecule has 4 rings (SSSR count). The Morgan fingerprint density at radius 1 is 0.844 bits per heavy atom. The van der Waals surface area contributed by atoms with Gasteiger partial charge in [-0.15, -0.1) is 0 Å². The molecule has 0 bridgehead atoms. The van der Waals surface area contributed by atoms with Gasteiger partial charge in [-0.1, -0.05) is 67.6 Å². The van der Waals surface area contributed by atoms with Gasteiger partial charge in [-0.05, 0) is 41.8 Å². The van der Waals surface area contributed by atoms with E-state index in [4.69, 9.17) is 4.74 Å². The lowest BCUT2D eigenvalue weighted by Crippen LogP contribution is -2.53. The van der Waals surface area contributed by atoms with Crippen LogP contribution in [0, 0.1) is 5.82 Å². The lowest BCUT2D eigenvalue weighted by Gasteiger charge is -2.40. The van der Waals surface area contributed by atoms with E-state index >= 15 is 0 Å². The highest BCUT2D eigenvalue weighted by molar-refractivity contribution is 5.81. The quantitative estimate of drug-likeness (QED) is 0.531. The molecule has 0 saturated carbocycles. The predicted octanol–water partition coefficient (Wildman–Crippen LogP) is 4.92. The van der Waals surface area contributed by atoms with Gasteiger partial charge in [-0.2, -0.15) is 0 Å². The highest BCUT2D eigenvalue weighted by Crippen LogP contribution is 2.29. The lowest BCUT2D eigenvalue weighted by atomic mass is 9.96. The Hall–Kier alpha value is -3.18. The van der Waals surface area contributed by atoms with Crippen LogP contribution in [0.5, 0.6) is 5.75 Å². The van der Waals surface area contributed by atoms with Gasteiger partial charge in [0, 0.05) is 26.2 Å². The molecule has 0 N–H and O–H groups in total. The fourth-order valence-corrected chi connectivity index (χ4v) is 4.27. The topological polar surface area (TPSA) is 32.8 Å². The van der Waals surface area contributed by atoms with E-state index in [1.807, 2.05) is 24.0 Å². The maximum absolute atomic E-state index is 13.2. The third kappa shape index (κ3) is 5.17. The molecule has 166 valence electrons. The molecule has 32 heavy (non-hydrogen) atoms. The highest BCUT2D eigenvalue weighted by Gasteiger charge is 2.31. The average molecular weight is 433 g/mol. The lowest BCUT2D eigenvalue weighted by molar-refractivity contribution is -0.140. The summed E-state index contributed by atoms with van der Waals surface area (Å²) in [6, 6.07) is 27.0. The van der Waals surface area contributed by atoms with Gasteiger partial charge >= 0.3 is 0 Å². The Kier molecular flexibility index (Phi) is 7.17. The number of rotatable bonds is 7. The van der Waals surface area contributed by atoms with E-state index in [1.54, 1.807) is 12.1 Å². The zero-order valence-electron chi connectivity index (χ0n) is 18.4. The number of hydrogen-bond acceptors (Lipinski definition) is 3. The summed E-state index contributed by atoms with van der Waals surface area (Å²) in [6.07, 6.45) is -0.00126. The number of piperazine rings is 1. The van der Waals surface area contributed by atoms with Crippen LogP contribution in [-0.4, -0.2) is 48.0 Å². The molecule has 1 amide bonds. The van der Waals surface area contributed by atoms with E-state index in [2.05, 4.69) is 53.4 Å². The SMILES string of the molecule is CC[C@@H](Oc1ccc(F)cc1)C(=O)N1CCN(C(c2ccccc2)c2ccccc2)CC1. The monoisotopic (exact) mass is 432 g/mol. The zero-order chi connectivity index (χ0) is 22.3. The number of hydrogen-bond donors (Lipinski definition) is 0. The van der Waals surface area contributed by atoms with Gasteiger partial charge in [-0.25, -0.2) is 4.39 Å². The highest BCUT2D eigenvalue weighted by atomic mass is 19.1. The van der Waals surface area contributed by atoms with E-state index in [0.717, 1.165) is 13.1 Å². The Bertz CT molecular complexity index is 948. The molecule has 3 aromatic carbocycles. The van der Waals surface area contributed by atoms with Gasteiger partial charge in [-0.3, -0.25) is 9.69 Å². The molecule has 1 atom stereocenters. The minimum absolute atomic E-state index is 0.00699. The first-order valence-corrected chi connectivity index (χ1v) is 11.2. The van der Waals surface area contributed by atoms with Crippen LogP contribution in [0.25, 0.3) is 0 Å². The number of carbonyl (C=O) groups excluding carboxylic acids is 1. The molecule has 1 fully saturated rings. The zero-order valence-corrected chi connectivity index (χ0v) is 18.4. The van der Waals surface area contributed by atoms with Crippen LogP contribution in [0.4, 0.5) is 4.39 Å². The molecule has 0 aliphatic carbocycles. The number of amides is 1. The second-order valence-corrected chi connectivity index (χ2v) is 8.05. The molecular formula is C27H29FN2O2. The minimum atomic E-state index is -0.564. The summed E-state index contributed by atoms with van der Waals surface area (Å²) in [6.45, 7) is 4.81. The molecule has 1 saturated heterocycles. The van der Waals surface area contributed by atoms with Crippen LogP contribution < -0.4 is 4.74 Å². The van der Waals surface area contributed by atoms with Crippen LogP contribution in [0.15, 0.2) is 84.9 Å². The van der Waals surface area contributed by atoms with Crippen molar-refractivity contribution < 1.29 is 13.9 Å². The summed E-state index contributed by atoms with van der Waals surface area (Å²) in [5.74, 6) is 0.185. The van der Waals surface area contributed by atoms with Crippen LogP contribution in [-0.2, 0) is 4.79 Å². The van der Waals surface area contributed by atoms with E-state index in [0.29, 0.717) is 25.3 Å². The largest absolute Gasteiger partial charge is 0.481 e. The Labute approximate surface area is 189 Å². The van der Waals surface area contributed by atoms with Crippen molar-refractivity contribution in [3.05, 3.63) is 102 Å². The average Bonchev–Trinajstić information content (AvgIpc) is 2.85. The number of benzene rings is 3. The molecule has 0 aromatic heterocycles. The van der Waals surface area contributed by atoms with Crippen LogP contribution in [0.1, 0.15) is 30.5 Å². The molecule has 5 heteroatoms. The normalized spacial score (nSPS) is 15.5. The summed E-state index contributed by atoms with van der Waals surface area (Å²) in [5.41, 5.74) is 2.51. The molecule has 0 radical (unpaired) electrons. The predicted molar refractivity (Wildman–Crippen MR) is 124 cm³/mol. The standard InChI is InChI=1S/C27H29FN2O2/c1-2-25(32-24-15-13-23(28)14-16-24)27(31)30-19-17-29(18-20-30)26(21-9-5-3-6-10-21)22-11-7-4-8-12-22/h3-16,25-26H,2,17-20H2,1H3/t25-/m1/s1. The molecule has 1 aliphatic rings. The maximum Gasteiger partial charge on any atom is 0.263 e. The summed E-state index contributed by atoms with van der Waals surface area (Å²) >= 11 is 0. The van der Waals surface area contributed by atoms with Crippen molar-refractivity contribution >= 4 is 5.91 Å². The molecule has 1 aliphatic heterocycles. The van der Waals surface area contributed by atoms with Gasteiger partial charge in [0.15, 0.2) is 6.10 Å². The van der Waals surface area contributed by atoms with E-state index in [-0.39, 0.29) is 17.8 Å². The van der Waals surface area contributed by atoms with Crippen molar-refractivity contribution in [2.75, 3.05) is 26.2 Å². The number of halogens is 1. The third-order valence-electron chi connectivity index (χ3n) is 5.96. The first-order valence-electron chi connectivity index (χ1n) is 11.2. The summed E-state index contributed by atoms with van der Waals surface area (Å²) < 4.78 is 19.0. The number of nitrogens with zero attached hydrogens (tertiary/aromatic N) is 2. The fourth-order valence-electron chi connectivity index (χ4n) is 4.27. The summed E-state index contributed by atoms with van der Waals surface area (Å²) in [7, 11) is 0. The summed E-state index contributed by atoms with van der Waals surface area (Å²) in [5, 5.41) is 0. The Balaban J connectivity index is 1.43.